The molecule has 3 heteroatoms. The van der Waals surface area contributed by atoms with Crippen LogP contribution in [-0.2, 0) is 0 Å². The fourth-order valence-corrected chi connectivity index (χ4v) is 2.89. The Morgan fingerprint density at radius 2 is 1.76 bits per heavy atom. The maximum atomic E-state index is 9.61. The van der Waals surface area contributed by atoms with Gasteiger partial charge in [0.25, 0.3) is 0 Å². The first-order valence-electron chi connectivity index (χ1n) is 6.73. The molecular formula is C18H15NOS. The average Bonchev–Trinajstić information content (AvgIpc) is 2.89. The van der Waals surface area contributed by atoms with Crippen LogP contribution >= 0.6 is 11.3 Å². The minimum absolute atomic E-state index is 0.891. The van der Waals surface area contributed by atoms with Gasteiger partial charge in [-0.15, -0.1) is 11.3 Å². The van der Waals surface area contributed by atoms with Crippen molar-refractivity contribution in [1.29, 1.82) is 0 Å². The second-order valence-electron chi connectivity index (χ2n) is 5.37. The number of aliphatic hydroxyl groups is 1. The van der Waals surface area contributed by atoms with E-state index in [2.05, 4.69) is 22.9 Å². The zero-order chi connectivity index (χ0) is 14.9. The highest BCUT2D eigenvalue weighted by Crippen LogP contribution is 2.29. The summed E-state index contributed by atoms with van der Waals surface area (Å²) < 4.78 is 1.19. The summed E-state index contributed by atoms with van der Waals surface area (Å²) in [5, 5.41) is 10.6. The molecular weight excluding hydrogens is 278 g/mol. The summed E-state index contributed by atoms with van der Waals surface area (Å²) in [6.07, 6.45) is 0. The zero-order valence-electron chi connectivity index (χ0n) is 11.9. The van der Waals surface area contributed by atoms with Crippen LogP contribution in [0.3, 0.4) is 0 Å². The second-order valence-corrected chi connectivity index (χ2v) is 6.40. The highest BCUT2D eigenvalue weighted by atomic mass is 32.1. The number of benzene rings is 2. The normalized spacial score (nSPS) is 11.2. The van der Waals surface area contributed by atoms with Gasteiger partial charge in [0, 0.05) is 11.1 Å². The van der Waals surface area contributed by atoms with Crippen molar-refractivity contribution in [3.63, 3.8) is 0 Å². The molecule has 0 bridgehead atoms. The molecule has 104 valence electrons. The summed E-state index contributed by atoms with van der Waals surface area (Å²) in [6, 6.07) is 16.1. The number of rotatable bonds is 1. The maximum absolute atomic E-state index is 9.61. The van der Waals surface area contributed by atoms with Crippen molar-refractivity contribution in [2.75, 3.05) is 0 Å². The third-order valence-corrected chi connectivity index (χ3v) is 4.02. The number of para-hydroxylation sites is 1. The van der Waals surface area contributed by atoms with E-state index >= 15 is 0 Å². The third-order valence-electron chi connectivity index (χ3n) is 2.94. The number of nitrogens with zero attached hydrogens (tertiary/aromatic N) is 1. The fraction of sp³-hybridized carbons (Fsp3) is 0.167. The van der Waals surface area contributed by atoms with Gasteiger partial charge in [0.1, 0.15) is 10.6 Å². The molecule has 2 aromatic carbocycles. The van der Waals surface area contributed by atoms with Crippen molar-refractivity contribution in [2.45, 2.75) is 19.4 Å². The molecule has 1 aromatic heterocycles. The molecule has 2 nitrogen and oxygen atoms in total. The second kappa shape index (κ2) is 5.33. The van der Waals surface area contributed by atoms with Gasteiger partial charge in [0.05, 0.1) is 10.2 Å². The van der Waals surface area contributed by atoms with Gasteiger partial charge in [-0.05, 0) is 38.1 Å². The first kappa shape index (κ1) is 13.8. The largest absolute Gasteiger partial charge is 0.378 e. The van der Waals surface area contributed by atoms with E-state index in [1.807, 2.05) is 42.5 Å². The number of fused-ring (bicyclic) bond motifs is 1. The Morgan fingerprint density at radius 1 is 1.05 bits per heavy atom. The number of thiazole rings is 1. The monoisotopic (exact) mass is 293 g/mol. The lowest BCUT2D eigenvalue weighted by Gasteiger charge is -2.05. The number of aromatic nitrogens is 1. The van der Waals surface area contributed by atoms with E-state index in [0.29, 0.717) is 0 Å². The van der Waals surface area contributed by atoms with Gasteiger partial charge in [-0.2, -0.15) is 0 Å². The molecule has 0 spiro atoms. The molecule has 0 saturated carbocycles. The van der Waals surface area contributed by atoms with Gasteiger partial charge in [-0.25, -0.2) is 4.98 Å². The van der Waals surface area contributed by atoms with E-state index in [-0.39, 0.29) is 0 Å². The first-order chi connectivity index (χ1) is 10.0. The Labute approximate surface area is 128 Å². The van der Waals surface area contributed by atoms with E-state index in [4.69, 9.17) is 0 Å². The van der Waals surface area contributed by atoms with Crippen molar-refractivity contribution in [2.24, 2.45) is 0 Å². The minimum atomic E-state index is -0.967. The van der Waals surface area contributed by atoms with Crippen LogP contribution in [0.5, 0.6) is 0 Å². The lowest BCUT2D eigenvalue weighted by atomic mass is 10.1. The van der Waals surface area contributed by atoms with Gasteiger partial charge >= 0.3 is 0 Å². The quantitative estimate of drug-likeness (QED) is 0.686. The van der Waals surface area contributed by atoms with Crippen LogP contribution in [0.2, 0.25) is 0 Å². The molecule has 0 aliphatic rings. The molecule has 0 saturated heterocycles. The molecule has 1 N–H and O–H groups in total. The summed E-state index contributed by atoms with van der Waals surface area (Å²) in [7, 11) is 0. The van der Waals surface area contributed by atoms with Crippen molar-refractivity contribution < 1.29 is 5.11 Å². The van der Waals surface area contributed by atoms with E-state index < -0.39 is 5.60 Å². The Kier molecular flexibility index (Phi) is 3.50. The third kappa shape index (κ3) is 3.30. The molecule has 21 heavy (non-hydrogen) atoms. The SMILES string of the molecule is CC(C)(O)C#Cc1ccc(-c2nc3ccccc3s2)cc1. The standard InChI is InChI=1S/C18H15NOS/c1-18(2,20)12-11-13-7-9-14(10-8-13)17-19-15-5-3-4-6-16(15)21-17/h3-10,20H,1-2H3. The molecule has 3 rings (SSSR count). The van der Waals surface area contributed by atoms with E-state index in [9.17, 15) is 5.11 Å². The van der Waals surface area contributed by atoms with Crippen molar-refractivity contribution in [3.8, 4) is 22.4 Å². The average molecular weight is 293 g/mol. The van der Waals surface area contributed by atoms with Crippen LogP contribution in [0.15, 0.2) is 48.5 Å². The van der Waals surface area contributed by atoms with Crippen molar-refractivity contribution in [3.05, 3.63) is 54.1 Å². The lowest BCUT2D eigenvalue weighted by molar-refractivity contribution is 0.143. The van der Waals surface area contributed by atoms with E-state index in [0.717, 1.165) is 21.7 Å². The van der Waals surface area contributed by atoms with Gasteiger partial charge in [0.15, 0.2) is 0 Å². The summed E-state index contributed by atoms with van der Waals surface area (Å²) in [5.41, 5.74) is 2.04. The number of hydrogen-bond donors (Lipinski definition) is 1. The molecule has 0 aliphatic carbocycles. The van der Waals surface area contributed by atoms with Crippen LogP contribution in [0.25, 0.3) is 20.8 Å². The minimum Gasteiger partial charge on any atom is -0.378 e. The molecule has 0 radical (unpaired) electrons. The summed E-state index contributed by atoms with van der Waals surface area (Å²) >= 11 is 1.69. The van der Waals surface area contributed by atoms with Crippen LogP contribution in [0.4, 0.5) is 0 Å². The van der Waals surface area contributed by atoms with Crippen LogP contribution in [-0.4, -0.2) is 15.7 Å². The topological polar surface area (TPSA) is 33.1 Å². The van der Waals surface area contributed by atoms with E-state index in [1.54, 1.807) is 25.2 Å². The smallest absolute Gasteiger partial charge is 0.124 e. The van der Waals surface area contributed by atoms with E-state index in [1.165, 1.54) is 4.70 Å². The summed E-state index contributed by atoms with van der Waals surface area (Å²) in [6.45, 7) is 3.35. The van der Waals surface area contributed by atoms with Gasteiger partial charge in [0.2, 0.25) is 0 Å². The fourth-order valence-electron chi connectivity index (χ4n) is 1.92. The molecule has 0 fully saturated rings. The highest BCUT2D eigenvalue weighted by molar-refractivity contribution is 7.21. The van der Waals surface area contributed by atoms with Gasteiger partial charge in [-0.3, -0.25) is 0 Å². The van der Waals surface area contributed by atoms with Crippen LogP contribution < -0.4 is 0 Å². The predicted octanol–water partition coefficient (Wildman–Crippen LogP) is 4.09. The Balaban J connectivity index is 1.91. The van der Waals surface area contributed by atoms with Crippen molar-refractivity contribution >= 4 is 21.6 Å². The summed E-state index contributed by atoms with van der Waals surface area (Å²) in [4.78, 5) is 4.64. The van der Waals surface area contributed by atoms with Gasteiger partial charge in [-0.1, -0.05) is 36.1 Å². The molecule has 0 unspecified atom stereocenters. The Hall–Kier alpha value is -2.15. The molecule has 0 aliphatic heterocycles. The highest BCUT2D eigenvalue weighted by Gasteiger charge is 2.07. The van der Waals surface area contributed by atoms with Crippen molar-refractivity contribution in [1.82, 2.24) is 4.98 Å². The van der Waals surface area contributed by atoms with Crippen LogP contribution in [0.1, 0.15) is 19.4 Å². The summed E-state index contributed by atoms with van der Waals surface area (Å²) in [5.74, 6) is 5.78. The Bertz CT molecular complexity index is 796. The zero-order valence-corrected chi connectivity index (χ0v) is 12.7. The first-order valence-corrected chi connectivity index (χ1v) is 7.54. The predicted molar refractivity (Wildman–Crippen MR) is 88.2 cm³/mol. The molecule has 0 atom stereocenters. The van der Waals surface area contributed by atoms with Gasteiger partial charge < -0.3 is 5.11 Å². The maximum Gasteiger partial charge on any atom is 0.124 e. The molecule has 0 amide bonds. The lowest BCUT2D eigenvalue weighted by Crippen LogP contribution is -2.14. The number of hydrogen-bond acceptors (Lipinski definition) is 3. The Morgan fingerprint density at radius 3 is 2.43 bits per heavy atom. The van der Waals surface area contributed by atoms with Crippen LogP contribution in [0, 0.1) is 11.8 Å². The molecule has 1 heterocycles. The molecule has 3 aromatic rings.